The van der Waals surface area contributed by atoms with E-state index in [0.29, 0.717) is 10.2 Å². The minimum absolute atomic E-state index is 0.0870. The molecule has 5 heteroatoms. The summed E-state index contributed by atoms with van der Waals surface area (Å²) in [6, 6.07) is 0. The van der Waals surface area contributed by atoms with Crippen LogP contribution in [0.5, 0.6) is 0 Å². The predicted molar refractivity (Wildman–Crippen MR) is 54.1 cm³/mol. The Kier molecular flexibility index (Phi) is 3.53. The lowest BCUT2D eigenvalue weighted by molar-refractivity contribution is 0.265. The number of hydrogen-bond acceptors (Lipinski definition) is 4. The summed E-state index contributed by atoms with van der Waals surface area (Å²) in [7, 11) is 0. The summed E-state index contributed by atoms with van der Waals surface area (Å²) >= 11 is 7.06. The van der Waals surface area contributed by atoms with Gasteiger partial charge in [-0.2, -0.15) is 0 Å². The molecule has 0 amide bonds. The Morgan fingerprint density at radius 2 is 2.00 bits per heavy atom. The Labute approximate surface area is 86.6 Å². The largest absolute Gasteiger partial charge is 0.395 e. The van der Waals surface area contributed by atoms with Gasteiger partial charge < -0.3 is 5.11 Å². The molecule has 0 bridgehead atoms. The van der Waals surface area contributed by atoms with Crippen molar-refractivity contribution in [3.05, 3.63) is 17.4 Å². The highest BCUT2D eigenvalue weighted by atomic mass is 35.5. The molecule has 0 atom stereocenters. The van der Waals surface area contributed by atoms with Crippen LogP contribution in [0.3, 0.4) is 0 Å². The summed E-state index contributed by atoms with van der Waals surface area (Å²) in [5.74, 6) is 0. The van der Waals surface area contributed by atoms with Crippen molar-refractivity contribution in [2.45, 2.75) is 23.8 Å². The highest BCUT2D eigenvalue weighted by Gasteiger charge is 2.19. The molecule has 1 aromatic rings. The molecule has 1 N–H and O–H groups in total. The molecular weight excluding hydrogens is 208 g/mol. The lowest BCUT2D eigenvalue weighted by atomic mass is 10.2. The first-order valence-electron chi connectivity index (χ1n) is 3.81. The minimum Gasteiger partial charge on any atom is -0.395 e. The molecule has 0 saturated carbocycles. The van der Waals surface area contributed by atoms with Crippen LogP contribution in [0.1, 0.15) is 13.8 Å². The summed E-state index contributed by atoms with van der Waals surface area (Å²) in [4.78, 5) is 8.04. The standard InChI is InChI=1S/C8H11ClN2OS/c1-8(2,5-12)13-7-10-3-6(9)4-11-7/h3-4,12H,5H2,1-2H3. The molecule has 0 aromatic carbocycles. The van der Waals surface area contributed by atoms with Gasteiger partial charge in [-0.05, 0) is 13.8 Å². The van der Waals surface area contributed by atoms with Crippen molar-refractivity contribution in [1.82, 2.24) is 9.97 Å². The highest BCUT2D eigenvalue weighted by Crippen LogP contribution is 2.29. The summed E-state index contributed by atoms with van der Waals surface area (Å²) in [5.41, 5.74) is 0. The van der Waals surface area contributed by atoms with Crippen molar-refractivity contribution in [3.8, 4) is 0 Å². The van der Waals surface area contributed by atoms with Gasteiger partial charge >= 0.3 is 0 Å². The minimum atomic E-state index is -0.256. The molecule has 0 aliphatic carbocycles. The third-order valence-electron chi connectivity index (χ3n) is 1.34. The van der Waals surface area contributed by atoms with Crippen LogP contribution in [0, 0.1) is 0 Å². The van der Waals surface area contributed by atoms with Crippen LogP contribution >= 0.6 is 23.4 Å². The van der Waals surface area contributed by atoms with Gasteiger partial charge in [-0.15, -0.1) is 0 Å². The summed E-state index contributed by atoms with van der Waals surface area (Å²) < 4.78 is -0.256. The van der Waals surface area contributed by atoms with Crippen molar-refractivity contribution in [2.75, 3.05) is 6.61 Å². The lowest BCUT2D eigenvalue weighted by Gasteiger charge is -2.18. The van der Waals surface area contributed by atoms with Crippen molar-refractivity contribution < 1.29 is 5.11 Å². The number of halogens is 1. The fourth-order valence-corrected chi connectivity index (χ4v) is 1.50. The second kappa shape index (κ2) is 4.26. The molecule has 3 nitrogen and oxygen atoms in total. The van der Waals surface area contributed by atoms with Gasteiger partial charge in [0.05, 0.1) is 24.0 Å². The number of thioether (sulfide) groups is 1. The van der Waals surface area contributed by atoms with Gasteiger partial charge in [-0.3, -0.25) is 0 Å². The number of aromatic nitrogens is 2. The van der Waals surface area contributed by atoms with E-state index in [1.165, 1.54) is 11.8 Å². The van der Waals surface area contributed by atoms with Crippen LogP contribution in [0.2, 0.25) is 5.02 Å². The van der Waals surface area contributed by atoms with Crippen LogP contribution < -0.4 is 0 Å². The average Bonchev–Trinajstić information content (AvgIpc) is 2.09. The Morgan fingerprint density at radius 3 is 2.46 bits per heavy atom. The number of rotatable bonds is 3. The van der Waals surface area contributed by atoms with E-state index in [-0.39, 0.29) is 11.4 Å². The third-order valence-corrected chi connectivity index (χ3v) is 2.62. The van der Waals surface area contributed by atoms with E-state index in [4.69, 9.17) is 16.7 Å². The quantitative estimate of drug-likeness (QED) is 0.623. The zero-order valence-electron chi connectivity index (χ0n) is 7.49. The van der Waals surface area contributed by atoms with Crippen molar-refractivity contribution in [1.29, 1.82) is 0 Å². The topological polar surface area (TPSA) is 46.0 Å². The highest BCUT2D eigenvalue weighted by molar-refractivity contribution is 8.00. The van der Waals surface area contributed by atoms with Gasteiger partial charge in [-0.25, -0.2) is 9.97 Å². The Morgan fingerprint density at radius 1 is 1.46 bits per heavy atom. The molecule has 72 valence electrons. The summed E-state index contributed by atoms with van der Waals surface area (Å²) in [6.07, 6.45) is 3.09. The Balaban J connectivity index is 2.69. The molecule has 0 radical (unpaired) electrons. The predicted octanol–water partition coefficient (Wildman–Crippen LogP) is 1.99. The van der Waals surface area contributed by atoms with Crippen molar-refractivity contribution in [2.24, 2.45) is 0 Å². The third kappa shape index (κ3) is 3.50. The molecule has 1 aromatic heterocycles. The molecule has 0 aliphatic rings. The smallest absolute Gasteiger partial charge is 0.188 e. The van der Waals surface area contributed by atoms with Crippen molar-refractivity contribution in [3.63, 3.8) is 0 Å². The Bertz CT molecular complexity index is 276. The van der Waals surface area contributed by atoms with Gasteiger partial charge in [0.15, 0.2) is 5.16 Å². The average molecular weight is 219 g/mol. The van der Waals surface area contributed by atoms with E-state index in [2.05, 4.69) is 9.97 Å². The van der Waals surface area contributed by atoms with E-state index in [0.717, 1.165) is 0 Å². The van der Waals surface area contributed by atoms with E-state index in [9.17, 15) is 0 Å². The van der Waals surface area contributed by atoms with Gasteiger partial charge in [0.25, 0.3) is 0 Å². The summed E-state index contributed by atoms with van der Waals surface area (Å²) in [6.45, 7) is 3.94. The first kappa shape index (κ1) is 10.8. The zero-order valence-corrected chi connectivity index (χ0v) is 9.06. The van der Waals surface area contributed by atoms with Crippen LogP contribution in [0.4, 0.5) is 0 Å². The van der Waals surface area contributed by atoms with Gasteiger partial charge in [0.2, 0.25) is 0 Å². The lowest BCUT2D eigenvalue weighted by Crippen LogP contribution is -2.20. The molecule has 13 heavy (non-hydrogen) atoms. The second-order valence-corrected chi connectivity index (χ2v) is 5.31. The molecule has 0 fully saturated rings. The Hall–Kier alpha value is -0.320. The second-order valence-electron chi connectivity index (χ2n) is 3.20. The van der Waals surface area contributed by atoms with Gasteiger partial charge in [0.1, 0.15) is 0 Å². The number of nitrogens with zero attached hydrogens (tertiary/aromatic N) is 2. The molecule has 0 unspecified atom stereocenters. The SMILES string of the molecule is CC(C)(CO)Sc1ncc(Cl)cn1. The van der Waals surface area contributed by atoms with E-state index in [1.807, 2.05) is 13.8 Å². The van der Waals surface area contributed by atoms with Crippen LogP contribution in [0.25, 0.3) is 0 Å². The van der Waals surface area contributed by atoms with E-state index >= 15 is 0 Å². The number of aliphatic hydroxyl groups excluding tert-OH is 1. The summed E-state index contributed by atoms with van der Waals surface area (Å²) in [5, 5.41) is 10.2. The fourth-order valence-electron chi connectivity index (χ4n) is 0.633. The molecule has 1 rings (SSSR count). The fraction of sp³-hybridized carbons (Fsp3) is 0.500. The van der Waals surface area contributed by atoms with Crippen LogP contribution in [-0.4, -0.2) is 26.4 Å². The monoisotopic (exact) mass is 218 g/mol. The molecule has 0 saturated heterocycles. The maximum atomic E-state index is 9.01. The first-order valence-corrected chi connectivity index (χ1v) is 5.00. The van der Waals surface area contributed by atoms with Crippen LogP contribution in [0.15, 0.2) is 17.6 Å². The molecule has 0 aliphatic heterocycles. The normalized spacial score (nSPS) is 11.7. The van der Waals surface area contributed by atoms with E-state index in [1.54, 1.807) is 12.4 Å². The van der Waals surface area contributed by atoms with Gasteiger partial charge in [-0.1, -0.05) is 23.4 Å². The first-order chi connectivity index (χ1) is 6.03. The van der Waals surface area contributed by atoms with Gasteiger partial charge in [0, 0.05) is 4.75 Å². The van der Waals surface area contributed by atoms with Crippen LogP contribution in [-0.2, 0) is 0 Å². The number of aliphatic hydroxyl groups is 1. The maximum Gasteiger partial charge on any atom is 0.188 e. The number of hydrogen-bond donors (Lipinski definition) is 1. The molecular formula is C8H11ClN2OS. The van der Waals surface area contributed by atoms with E-state index < -0.39 is 0 Å². The van der Waals surface area contributed by atoms with Crippen molar-refractivity contribution >= 4 is 23.4 Å². The maximum absolute atomic E-state index is 9.01. The molecule has 0 spiro atoms. The zero-order chi connectivity index (χ0) is 9.90. The molecule has 1 heterocycles.